The van der Waals surface area contributed by atoms with Crippen molar-refractivity contribution in [3.63, 3.8) is 0 Å². The van der Waals surface area contributed by atoms with Gasteiger partial charge in [0.2, 0.25) is 5.82 Å². The average molecular weight is 656 g/mol. The second-order valence-corrected chi connectivity index (χ2v) is 13.6. The van der Waals surface area contributed by atoms with Gasteiger partial charge in [-0.05, 0) is 74.4 Å². The molecule has 2 N–H and O–H groups in total. The van der Waals surface area contributed by atoms with Gasteiger partial charge in [-0.2, -0.15) is 4.98 Å². The Morgan fingerprint density at radius 1 is 1.11 bits per heavy atom. The number of nitrogens with zero attached hydrogens (tertiary/aromatic N) is 3. The Bertz CT molecular complexity index is 1750. The SMILES string of the molecule is C\C=C/C=C(\C=C\c1nc(-c2ccc(N(C)CCC(C)C)c(NCc3ccccc3)c2)no1)C(=O)NS(=O)(=O)/C1=C/CCC/C=C\C1. The zero-order chi connectivity index (χ0) is 33.6. The van der Waals surface area contributed by atoms with Crippen molar-refractivity contribution in [2.75, 3.05) is 23.8 Å². The quantitative estimate of drug-likeness (QED) is 0.103. The summed E-state index contributed by atoms with van der Waals surface area (Å²) in [5.74, 6) is 0.399. The Morgan fingerprint density at radius 2 is 1.91 bits per heavy atom. The molecule has 0 atom stereocenters. The summed E-state index contributed by atoms with van der Waals surface area (Å²) in [6, 6.07) is 16.2. The molecule has 3 aromatic rings. The van der Waals surface area contributed by atoms with Gasteiger partial charge in [-0.1, -0.05) is 79.7 Å². The van der Waals surface area contributed by atoms with E-state index in [-0.39, 0.29) is 22.8 Å². The molecule has 47 heavy (non-hydrogen) atoms. The molecule has 1 aliphatic rings. The summed E-state index contributed by atoms with van der Waals surface area (Å²) in [4.78, 5) is 20.1. The molecular formula is C37H45N5O4S. The van der Waals surface area contributed by atoms with Crippen LogP contribution in [0.25, 0.3) is 17.5 Å². The summed E-state index contributed by atoms with van der Waals surface area (Å²) in [7, 11) is -1.91. The van der Waals surface area contributed by atoms with Crippen molar-refractivity contribution < 1.29 is 17.7 Å². The number of hydrogen-bond acceptors (Lipinski definition) is 8. The maximum atomic E-state index is 13.1. The van der Waals surface area contributed by atoms with Crippen LogP contribution in [0.3, 0.4) is 0 Å². The van der Waals surface area contributed by atoms with Crippen molar-refractivity contribution in [3.8, 4) is 11.4 Å². The van der Waals surface area contributed by atoms with Crippen LogP contribution < -0.4 is 14.9 Å². The molecule has 0 fully saturated rings. The first-order chi connectivity index (χ1) is 22.7. The van der Waals surface area contributed by atoms with Crippen LogP contribution in [-0.4, -0.2) is 38.1 Å². The minimum Gasteiger partial charge on any atom is -0.379 e. The molecule has 1 amide bonds. The van der Waals surface area contributed by atoms with E-state index in [4.69, 9.17) is 4.52 Å². The van der Waals surface area contributed by atoms with Gasteiger partial charge in [0.05, 0.1) is 16.3 Å². The number of rotatable bonds is 14. The highest BCUT2D eigenvalue weighted by atomic mass is 32.2. The van der Waals surface area contributed by atoms with Crippen molar-refractivity contribution in [3.05, 3.63) is 113 Å². The van der Waals surface area contributed by atoms with Crippen molar-refractivity contribution in [1.82, 2.24) is 14.9 Å². The van der Waals surface area contributed by atoms with Gasteiger partial charge >= 0.3 is 0 Å². The monoisotopic (exact) mass is 655 g/mol. The highest BCUT2D eigenvalue weighted by molar-refractivity contribution is 7.93. The zero-order valence-electron chi connectivity index (χ0n) is 27.6. The fraction of sp³-hybridized carbons (Fsp3) is 0.324. The summed E-state index contributed by atoms with van der Waals surface area (Å²) in [5, 5.41) is 7.76. The van der Waals surface area contributed by atoms with Gasteiger partial charge in [-0.25, -0.2) is 13.1 Å². The van der Waals surface area contributed by atoms with E-state index in [9.17, 15) is 13.2 Å². The lowest BCUT2D eigenvalue weighted by molar-refractivity contribution is -0.115. The Hall–Kier alpha value is -4.70. The first-order valence-corrected chi connectivity index (χ1v) is 17.5. The predicted molar refractivity (Wildman–Crippen MR) is 191 cm³/mol. The molecule has 1 aromatic heterocycles. The van der Waals surface area contributed by atoms with Gasteiger partial charge in [-0.15, -0.1) is 0 Å². The van der Waals surface area contributed by atoms with E-state index in [1.807, 2.05) is 42.5 Å². The number of nitrogens with one attached hydrogen (secondary N) is 2. The van der Waals surface area contributed by atoms with Crippen LogP contribution in [-0.2, 0) is 21.4 Å². The molecule has 0 saturated heterocycles. The molecule has 0 saturated carbocycles. The lowest BCUT2D eigenvalue weighted by Crippen LogP contribution is -2.32. The van der Waals surface area contributed by atoms with E-state index in [0.717, 1.165) is 48.3 Å². The van der Waals surface area contributed by atoms with E-state index in [1.165, 1.54) is 18.2 Å². The number of aromatic nitrogens is 2. The molecule has 248 valence electrons. The maximum Gasteiger partial charge on any atom is 0.264 e. The van der Waals surface area contributed by atoms with E-state index < -0.39 is 15.9 Å². The summed E-state index contributed by atoms with van der Waals surface area (Å²) in [6.07, 6.45) is 17.1. The second-order valence-electron chi connectivity index (χ2n) is 11.8. The third-order valence-electron chi connectivity index (χ3n) is 7.62. The van der Waals surface area contributed by atoms with Gasteiger partial charge in [0.15, 0.2) is 0 Å². The molecule has 1 aliphatic carbocycles. The number of benzene rings is 2. The second kappa shape index (κ2) is 17.3. The summed E-state index contributed by atoms with van der Waals surface area (Å²) in [5.41, 5.74) is 4.07. The molecule has 0 bridgehead atoms. The third kappa shape index (κ3) is 10.7. The highest BCUT2D eigenvalue weighted by Crippen LogP contribution is 2.31. The first kappa shape index (κ1) is 35.2. The molecule has 4 rings (SSSR count). The van der Waals surface area contributed by atoms with Crippen molar-refractivity contribution in [1.29, 1.82) is 0 Å². The minimum absolute atomic E-state index is 0.120. The standard InChI is InChI=1S/C37H45N5O4S/c1-5-6-17-30(37(43)41-47(44,45)32-18-13-8-7-9-14-19-32)21-23-35-39-36(40-46-35)31-20-22-34(42(4)25-24-28(2)3)33(26-31)38-27-29-15-11-10-12-16-29/h5-6,8,10-13,15-17,19-23,26,28,38H,7,9,14,18,24-25,27H2,1-4H3,(H,41,43)/b6-5-,13-8-,23-21+,30-17+,32-19+. The number of amides is 1. The third-order valence-corrected chi connectivity index (χ3v) is 9.09. The molecule has 2 aromatic carbocycles. The van der Waals surface area contributed by atoms with Crippen molar-refractivity contribution >= 4 is 33.4 Å². The molecule has 0 aliphatic heterocycles. The van der Waals surface area contributed by atoms with E-state index in [2.05, 4.69) is 64.2 Å². The topological polar surface area (TPSA) is 117 Å². The van der Waals surface area contributed by atoms with Gasteiger partial charge in [0, 0.05) is 43.8 Å². The van der Waals surface area contributed by atoms with Crippen LogP contribution in [0.4, 0.5) is 11.4 Å². The number of carbonyl (C=O) groups excluding carboxylic acids is 1. The van der Waals surface area contributed by atoms with Crippen LogP contribution in [0, 0.1) is 5.92 Å². The summed E-state index contributed by atoms with van der Waals surface area (Å²) in [6.45, 7) is 7.81. The number of anilines is 2. The van der Waals surface area contributed by atoms with E-state index in [0.29, 0.717) is 24.7 Å². The normalized spacial score (nSPS) is 16.1. The molecule has 9 nitrogen and oxygen atoms in total. The van der Waals surface area contributed by atoms with Gasteiger partial charge in [-0.3, -0.25) is 4.79 Å². The number of carbonyl (C=O) groups is 1. The Labute approximate surface area is 278 Å². The van der Waals surface area contributed by atoms with Crippen molar-refractivity contribution in [2.24, 2.45) is 5.92 Å². The van der Waals surface area contributed by atoms with E-state index in [1.54, 1.807) is 25.2 Å². The Morgan fingerprint density at radius 3 is 2.68 bits per heavy atom. The van der Waals surface area contributed by atoms with Crippen molar-refractivity contribution in [2.45, 2.75) is 59.4 Å². The first-order valence-electron chi connectivity index (χ1n) is 16.1. The van der Waals surface area contributed by atoms with Gasteiger partial charge in [0.1, 0.15) is 0 Å². The van der Waals surface area contributed by atoms with Crippen LogP contribution in [0.1, 0.15) is 64.3 Å². The van der Waals surface area contributed by atoms with Crippen LogP contribution in [0.2, 0.25) is 0 Å². The largest absolute Gasteiger partial charge is 0.379 e. The smallest absolute Gasteiger partial charge is 0.264 e. The molecule has 0 unspecified atom stereocenters. The molecule has 10 heteroatoms. The zero-order valence-corrected chi connectivity index (χ0v) is 28.5. The highest BCUT2D eigenvalue weighted by Gasteiger charge is 2.21. The van der Waals surface area contributed by atoms with Crippen LogP contribution in [0.15, 0.2) is 106 Å². The van der Waals surface area contributed by atoms with Crippen LogP contribution >= 0.6 is 0 Å². The predicted octanol–water partition coefficient (Wildman–Crippen LogP) is 7.81. The maximum absolute atomic E-state index is 13.1. The van der Waals surface area contributed by atoms with Gasteiger partial charge < -0.3 is 14.7 Å². The fourth-order valence-electron chi connectivity index (χ4n) is 4.87. The molecule has 0 radical (unpaired) electrons. The lowest BCUT2D eigenvalue weighted by Gasteiger charge is -2.24. The number of hydrogen-bond donors (Lipinski definition) is 2. The number of allylic oxidation sites excluding steroid dienone is 7. The summed E-state index contributed by atoms with van der Waals surface area (Å²) >= 11 is 0. The molecular weight excluding hydrogens is 611 g/mol. The number of sulfonamides is 1. The Balaban J connectivity index is 1.54. The average Bonchev–Trinajstić information content (AvgIpc) is 3.51. The lowest BCUT2D eigenvalue weighted by atomic mass is 10.1. The summed E-state index contributed by atoms with van der Waals surface area (Å²) < 4.78 is 33.7. The van der Waals surface area contributed by atoms with E-state index >= 15 is 0 Å². The van der Waals surface area contributed by atoms with Crippen LogP contribution in [0.5, 0.6) is 0 Å². The minimum atomic E-state index is -4.00. The molecule has 1 heterocycles. The Kier molecular flexibility index (Phi) is 12.9. The molecule has 0 spiro atoms. The fourth-order valence-corrected chi connectivity index (χ4v) is 6.01. The van der Waals surface area contributed by atoms with Gasteiger partial charge in [0.25, 0.3) is 21.8 Å².